The molecule has 2 heterocycles. The van der Waals surface area contributed by atoms with Crippen LogP contribution in [0.15, 0.2) is 42.6 Å². The predicted octanol–water partition coefficient (Wildman–Crippen LogP) is 1.29. The molecule has 0 radical (unpaired) electrons. The summed E-state index contributed by atoms with van der Waals surface area (Å²) < 4.78 is 1.65. The number of hydrogen-bond acceptors (Lipinski definition) is 3. The molecular weight excluding hydrogens is 294 g/mol. The van der Waals surface area contributed by atoms with Gasteiger partial charge in [-0.3, -0.25) is 14.3 Å². The molecule has 0 aliphatic carbocycles. The van der Waals surface area contributed by atoms with Gasteiger partial charge in [-0.1, -0.05) is 30.3 Å². The van der Waals surface area contributed by atoms with Crippen molar-refractivity contribution in [3.63, 3.8) is 0 Å². The molecule has 1 aromatic carbocycles. The van der Waals surface area contributed by atoms with Crippen molar-refractivity contribution in [3.8, 4) is 0 Å². The maximum absolute atomic E-state index is 12.5. The summed E-state index contributed by atoms with van der Waals surface area (Å²) in [4.78, 5) is 25.7. The molecule has 1 aliphatic heterocycles. The third-order valence-electron chi connectivity index (χ3n) is 4.32. The van der Waals surface area contributed by atoms with Gasteiger partial charge in [-0.2, -0.15) is 5.10 Å². The zero-order chi connectivity index (χ0) is 16.4. The van der Waals surface area contributed by atoms with Crippen molar-refractivity contribution in [2.75, 3.05) is 13.1 Å². The number of aliphatic carboxylic acids is 1. The van der Waals surface area contributed by atoms with Gasteiger partial charge in [0.25, 0.3) is 0 Å². The lowest BCUT2D eigenvalue weighted by molar-refractivity contribution is -0.141. The molecule has 23 heavy (non-hydrogen) atoms. The zero-order valence-electron chi connectivity index (χ0n) is 12.9. The van der Waals surface area contributed by atoms with Crippen molar-refractivity contribution in [2.45, 2.75) is 12.3 Å². The van der Waals surface area contributed by atoms with Crippen LogP contribution in [0.25, 0.3) is 0 Å². The second-order valence-corrected chi connectivity index (χ2v) is 5.92. The van der Waals surface area contributed by atoms with Crippen LogP contribution in [0.5, 0.6) is 0 Å². The van der Waals surface area contributed by atoms with Crippen LogP contribution in [0.3, 0.4) is 0 Å². The number of likely N-dealkylation sites (tertiary alicyclic amines) is 1. The van der Waals surface area contributed by atoms with Gasteiger partial charge in [-0.25, -0.2) is 0 Å². The Balaban J connectivity index is 1.74. The first kappa shape index (κ1) is 15.3. The Hall–Kier alpha value is -2.63. The molecule has 1 N–H and O–H groups in total. The highest BCUT2D eigenvalue weighted by Gasteiger charge is 2.40. The van der Waals surface area contributed by atoms with Crippen LogP contribution < -0.4 is 0 Å². The summed E-state index contributed by atoms with van der Waals surface area (Å²) in [7, 11) is 1.80. The smallest absolute Gasteiger partial charge is 0.308 e. The molecule has 0 bridgehead atoms. The lowest BCUT2D eigenvalue weighted by atomic mass is 9.89. The number of amides is 1. The fourth-order valence-electron chi connectivity index (χ4n) is 3.12. The van der Waals surface area contributed by atoms with Crippen LogP contribution >= 0.6 is 0 Å². The molecular formula is C17H19N3O3. The van der Waals surface area contributed by atoms with E-state index in [-0.39, 0.29) is 24.8 Å². The van der Waals surface area contributed by atoms with Crippen molar-refractivity contribution >= 4 is 11.9 Å². The minimum absolute atomic E-state index is 0.0756. The quantitative estimate of drug-likeness (QED) is 0.923. The second kappa shape index (κ2) is 6.24. The molecule has 1 aromatic heterocycles. The summed E-state index contributed by atoms with van der Waals surface area (Å²) in [6, 6.07) is 11.3. The summed E-state index contributed by atoms with van der Waals surface area (Å²) in [6.07, 6.45) is 1.99. The number of aromatic nitrogens is 2. The molecule has 0 spiro atoms. The van der Waals surface area contributed by atoms with Gasteiger partial charge in [0.1, 0.15) is 0 Å². The summed E-state index contributed by atoms with van der Waals surface area (Å²) in [5.41, 5.74) is 1.67. The van der Waals surface area contributed by atoms with Crippen LogP contribution in [0, 0.1) is 5.92 Å². The normalized spacial score (nSPS) is 20.7. The number of aryl methyl sites for hydroxylation is 1. The molecule has 6 nitrogen and oxygen atoms in total. The lowest BCUT2D eigenvalue weighted by Gasteiger charge is -2.16. The highest BCUT2D eigenvalue weighted by atomic mass is 16.4. The van der Waals surface area contributed by atoms with Crippen LogP contribution in [0.2, 0.25) is 0 Å². The van der Waals surface area contributed by atoms with E-state index >= 15 is 0 Å². The van der Waals surface area contributed by atoms with E-state index in [9.17, 15) is 14.7 Å². The Bertz CT molecular complexity index is 711. The third kappa shape index (κ3) is 3.26. The monoisotopic (exact) mass is 313 g/mol. The molecule has 120 valence electrons. The minimum Gasteiger partial charge on any atom is -0.481 e. The molecule has 2 atom stereocenters. The summed E-state index contributed by atoms with van der Waals surface area (Å²) in [6.45, 7) is 0.688. The SMILES string of the molecule is Cn1ccc(CC(=O)N2C[C@H](C(=O)O)[C@@H](c3ccccc3)C2)n1. The highest BCUT2D eigenvalue weighted by Crippen LogP contribution is 2.33. The van der Waals surface area contributed by atoms with Crippen molar-refractivity contribution in [1.82, 2.24) is 14.7 Å². The zero-order valence-corrected chi connectivity index (χ0v) is 12.9. The van der Waals surface area contributed by atoms with Crippen molar-refractivity contribution in [1.29, 1.82) is 0 Å². The number of carboxylic acid groups (broad SMARTS) is 1. The fourth-order valence-corrected chi connectivity index (χ4v) is 3.12. The van der Waals surface area contributed by atoms with Gasteiger partial charge in [0.05, 0.1) is 18.0 Å². The van der Waals surface area contributed by atoms with Crippen molar-refractivity contribution in [2.24, 2.45) is 13.0 Å². The molecule has 1 amide bonds. The third-order valence-corrected chi connectivity index (χ3v) is 4.32. The number of nitrogens with zero attached hydrogens (tertiary/aromatic N) is 3. The maximum atomic E-state index is 12.5. The lowest BCUT2D eigenvalue weighted by Crippen LogP contribution is -2.31. The van der Waals surface area contributed by atoms with Gasteiger partial charge in [0.15, 0.2) is 0 Å². The van der Waals surface area contributed by atoms with E-state index in [2.05, 4.69) is 5.10 Å². The van der Waals surface area contributed by atoms with E-state index in [0.29, 0.717) is 12.2 Å². The first-order valence-electron chi connectivity index (χ1n) is 7.58. The van der Waals surface area contributed by atoms with E-state index in [1.54, 1.807) is 28.9 Å². The number of carbonyl (C=O) groups excluding carboxylic acids is 1. The molecule has 0 unspecified atom stereocenters. The summed E-state index contributed by atoms with van der Waals surface area (Å²) >= 11 is 0. The number of benzene rings is 1. The van der Waals surface area contributed by atoms with Gasteiger partial charge in [-0.15, -0.1) is 0 Å². The summed E-state index contributed by atoms with van der Waals surface area (Å²) in [5.74, 6) is -1.66. The van der Waals surface area contributed by atoms with E-state index in [0.717, 1.165) is 5.56 Å². The minimum atomic E-state index is -0.855. The van der Waals surface area contributed by atoms with Crippen LogP contribution in [-0.2, 0) is 23.1 Å². The van der Waals surface area contributed by atoms with Gasteiger partial charge in [0, 0.05) is 32.3 Å². The molecule has 3 rings (SSSR count). The number of hydrogen-bond donors (Lipinski definition) is 1. The van der Waals surface area contributed by atoms with Gasteiger partial charge in [-0.05, 0) is 11.6 Å². The van der Waals surface area contributed by atoms with Crippen LogP contribution in [0.1, 0.15) is 17.2 Å². The topological polar surface area (TPSA) is 75.4 Å². The van der Waals surface area contributed by atoms with Gasteiger partial charge >= 0.3 is 5.97 Å². The molecule has 0 saturated carbocycles. The predicted molar refractivity (Wildman–Crippen MR) is 83.8 cm³/mol. The van der Waals surface area contributed by atoms with Gasteiger partial charge in [0.2, 0.25) is 5.91 Å². The Morgan fingerprint density at radius 2 is 1.96 bits per heavy atom. The van der Waals surface area contributed by atoms with Gasteiger partial charge < -0.3 is 10.0 Å². The van der Waals surface area contributed by atoms with E-state index < -0.39 is 11.9 Å². The van der Waals surface area contributed by atoms with Crippen molar-refractivity contribution < 1.29 is 14.7 Å². The van der Waals surface area contributed by atoms with E-state index in [4.69, 9.17) is 0 Å². The standard InChI is InChI=1S/C17H19N3O3/c1-19-8-7-13(18-19)9-16(21)20-10-14(15(11-20)17(22)23)12-5-3-2-4-6-12/h2-8,14-15H,9-11H2,1H3,(H,22,23)/t14-,15+/m1/s1. The number of rotatable bonds is 4. The number of carbonyl (C=O) groups is 2. The molecule has 6 heteroatoms. The Morgan fingerprint density at radius 1 is 1.22 bits per heavy atom. The van der Waals surface area contributed by atoms with E-state index in [1.807, 2.05) is 30.3 Å². The van der Waals surface area contributed by atoms with E-state index in [1.165, 1.54) is 0 Å². The first-order chi connectivity index (χ1) is 11.0. The largest absolute Gasteiger partial charge is 0.481 e. The highest BCUT2D eigenvalue weighted by molar-refractivity contribution is 5.81. The maximum Gasteiger partial charge on any atom is 0.308 e. The number of carboxylic acids is 1. The molecule has 1 saturated heterocycles. The molecule has 1 aliphatic rings. The summed E-state index contributed by atoms with van der Waals surface area (Å²) in [5, 5.41) is 13.7. The molecule has 1 fully saturated rings. The van der Waals surface area contributed by atoms with Crippen LogP contribution in [-0.4, -0.2) is 44.8 Å². The first-order valence-corrected chi connectivity index (χ1v) is 7.58. The molecule has 2 aromatic rings. The Morgan fingerprint density at radius 3 is 2.57 bits per heavy atom. The Kier molecular flexibility index (Phi) is 4.14. The van der Waals surface area contributed by atoms with Crippen molar-refractivity contribution in [3.05, 3.63) is 53.9 Å². The average molecular weight is 313 g/mol. The Labute approximate surface area is 134 Å². The van der Waals surface area contributed by atoms with Crippen LogP contribution in [0.4, 0.5) is 0 Å². The second-order valence-electron chi connectivity index (χ2n) is 5.92. The fraction of sp³-hybridized carbons (Fsp3) is 0.353. The average Bonchev–Trinajstić information content (AvgIpc) is 3.15.